The van der Waals surface area contributed by atoms with E-state index in [2.05, 4.69) is 44.3 Å². The smallest absolute Gasteiger partial charge is 0.309 e. The first-order valence-electron chi connectivity index (χ1n) is 9.17. The number of likely N-dealkylation sites (N-methyl/N-ethyl adjacent to an activating group) is 1. The maximum atomic E-state index is 12.2. The summed E-state index contributed by atoms with van der Waals surface area (Å²) in [6.07, 6.45) is 4.24. The summed E-state index contributed by atoms with van der Waals surface area (Å²) in [4.78, 5) is 29.0. The molecular weight excluding hydrogens is 336 g/mol. The molecule has 138 valence electrons. The fourth-order valence-electron chi connectivity index (χ4n) is 3.65. The summed E-state index contributed by atoms with van der Waals surface area (Å²) in [6.45, 7) is 4.47. The molecule has 7 heteroatoms. The molecule has 1 aliphatic carbocycles. The third-order valence-electron chi connectivity index (χ3n) is 5.26. The number of nitrogens with zero attached hydrogens (tertiary/aromatic N) is 2. The van der Waals surface area contributed by atoms with Crippen LogP contribution in [0.1, 0.15) is 37.3 Å². The van der Waals surface area contributed by atoms with E-state index in [0.29, 0.717) is 6.54 Å². The Hall–Kier alpha value is -1.44. The number of hydrogen-bond donors (Lipinski definition) is 2. The van der Waals surface area contributed by atoms with Crippen LogP contribution < -0.4 is 10.6 Å². The Balaban J connectivity index is 1.54. The Labute approximate surface area is 153 Å². The van der Waals surface area contributed by atoms with Gasteiger partial charge in [-0.2, -0.15) is 11.3 Å². The molecule has 1 atom stereocenters. The quantitative estimate of drug-likeness (QED) is 0.771. The van der Waals surface area contributed by atoms with Gasteiger partial charge in [-0.25, -0.2) is 0 Å². The molecule has 0 bridgehead atoms. The van der Waals surface area contributed by atoms with Crippen LogP contribution in [0.3, 0.4) is 0 Å². The van der Waals surface area contributed by atoms with Crippen LogP contribution in [0.25, 0.3) is 0 Å². The van der Waals surface area contributed by atoms with E-state index >= 15 is 0 Å². The Kier molecular flexibility index (Phi) is 6.45. The van der Waals surface area contributed by atoms with Gasteiger partial charge in [-0.3, -0.25) is 14.5 Å². The van der Waals surface area contributed by atoms with E-state index in [1.54, 1.807) is 11.3 Å². The highest BCUT2D eigenvalue weighted by Gasteiger charge is 2.26. The molecule has 0 radical (unpaired) electrons. The molecule has 1 aliphatic heterocycles. The highest BCUT2D eigenvalue weighted by Crippen LogP contribution is 2.23. The summed E-state index contributed by atoms with van der Waals surface area (Å²) in [5.74, 6) is -1.00. The van der Waals surface area contributed by atoms with Crippen molar-refractivity contribution in [2.45, 2.75) is 37.8 Å². The molecule has 6 nitrogen and oxygen atoms in total. The van der Waals surface area contributed by atoms with Gasteiger partial charge in [0, 0.05) is 38.8 Å². The van der Waals surface area contributed by atoms with E-state index in [0.717, 1.165) is 51.9 Å². The van der Waals surface area contributed by atoms with Gasteiger partial charge in [0.05, 0.1) is 6.04 Å². The van der Waals surface area contributed by atoms with Crippen LogP contribution in [0.2, 0.25) is 0 Å². The Bertz CT molecular complexity index is 564. The van der Waals surface area contributed by atoms with E-state index in [1.165, 1.54) is 5.56 Å². The predicted octanol–water partition coefficient (Wildman–Crippen LogP) is 1.21. The average molecular weight is 365 g/mol. The first-order valence-corrected chi connectivity index (χ1v) is 10.1. The third-order valence-corrected chi connectivity index (χ3v) is 5.96. The van der Waals surface area contributed by atoms with Gasteiger partial charge in [0.1, 0.15) is 0 Å². The number of rotatable bonds is 5. The normalized spacial score (nSPS) is 21.2. The van der Waals surface area contributed by atoms with Crippen LogP contribution in [0, 0.1) is 0 Å². The van der Waals surface area contributed by atoms with Crippen LogP contribution in [-0.4, -0.2) is 67.4 Å². The van der Waals surface area contributed by atoms with Crippen molar-refractivity contribution in [1.29, 1.82) is 0 Å². The summed E-state index contributed by atoms with van der Waals surface area (Å²) in [6, 6.07) is 2.41. The molecule has 1 saturated heterocycles. The van der Waals surface area contributed by atoms with Crippen molar-refractivity contribution in [3.8, 4) is 0 Å². The number of piperazine rings is 1. The number of nitrogens with one attached hydrogen (secondary N) is 2. The molecule has 2 fully saturated rings. The molecule has 2 N–H and O–H groups in total. The standard InChI is InChI=1S/C18H28N4O2S/c1-21-7-9-22(10-8-21)16(14-6-11-25-13-14)12-19-17(23)18(24)20-15-4-2-3-5-15/h6,11,13,15-16H,2-5,7-10,12H2,1H3,(H,19,23)(H,20,24). The zero-order valence-electron chi connectivity index (χ0n) is 14.9. The van der Waals surface area contributed by atoms with E-state index in [1.807, 2.05) is 0 Å². The largest absolute Gasteiger partial charge is 0.346 e. The molecule has 1 saturated carbocycles. The lowest BCUT2D eigenvalue weighted by atomic mass is 10.1. The van der Waals surface area contributed by atoms with Gasteiger partial charge in [0.15, 0.2) is 0 Å². The van der Waals surface area contributed by atoms with Crippen molar-refractivity contribution in [1.82, 2.24) is 20.4 Å². The molecule has 2 heterocycles. The summed E-state index contributed by atoms with van der Waals surface area (Å²) in [7, 11) is 2.13. The highest BCUT2D eigenvalue weighted by molar-refractivity contribution is 7.07. The SMILES string of the molecule is CN1CCN(C(CNC(=O)C(=O)NC2CCCC2)c2ccsc2)CC1. The van der Waals surface area contributed by atoms with Crippen LogP contribution in [0.5, 0.6) is 0 Å². The minimum Gasteiger partial charge on any atom is -0.346 e. The third kappa shape index (κ3) is 5.03. The van der Waals surface area contributed by atoms with Gasteiger partial charge in [-0.05, 0) is 42.3 Å². The zero-order chi connectivity index (χ0) is 17.6. The second-order valence-corrected chi connectivity index (χ2v) is 7.86. The van der Waals surface area contributed by atoms with Gasteiger partial charge in [0.25, 0.3) is 0 Å². The van der Waals surface area contributed by atoms with Crippen molar-refractivity contribution < 1.29 is 9.59 Å². The number of thiophene rings is 1. The molecule has 1 unspecified atom stereocenters. The number of amides is 2. The summed E-state index contributed by atoms with van der Waals surface area (Å²) < 4.78 is 0. The van der Waals surface area contributed by atoms with Crippen LogP contribution in [0.4, 0.5) is 0 Å². The first kappa shape index (κ1) is 18.4. The fraction of sp³-hybridized carbons (Fsp3) is 0.667. The second kappa shape index (κ2) is 8.78. The average Bonchev–Trinajstić information content (AvgIpc) is 3.30. The van der Waals surface area contributed by atoms with Crippen molar-refractivity contribution >= 4 is 23.2 Å². The zero-order valence-corrected chi connectivity index (χ0v) is 15.7. The molecule has 25 heavy (non-hydrogen) atoms. The van der Waals surface area contributed by atoms with E-state index in [9.17, 15) is 9.59 Å². The number of carbonyl (C=O) groups is 2. The lowest BCUT2D eigenvalue weighted by Gasteiger charge is -2.37. The molecule has 2 aliphatic rings. The molecule has 3 rings (SSSR count). The van der Waals surface area contributed by atoms with E-state index in [-0.39, 0.29) is 12.1 Å². The van der Waals surface area contributed by atoms with Crippen LogP contribution in [-0.2, 0) is 9.59 Å². The molecule has 1 aromatic rings. The summed E-state index contributed by atoms with van der Waals surface area (Å²) in [5.41, 5.74) is 1.21. The van der Waals surface area contributed by atoms with Gasteiger partial charge in [0.2, 0.25) is 0 Å². The molecule has 1 aromatic heterocycles. The first-order chi connectivity index (χ1) is 12.1. The van der Waals surface area contributed by atoms with E-state index in [4.69, 9.17) is 0 Å². The molecule has 0 aromatic carbocycles. The second-order valence-electron chi connectivity index (χ2n) is 7.08. The van der Waals surface area contributed by atoms with E-state index < -0.39 is 11.8 Å². The summed E-state index contributed by atoms with van der Waals surface area (Å²) in [5, 5.41) is 9.90. The Morgan fingerprint density at radius 3 is 2.56 bits per heavy atom. The van der Waals surface area contributed by atoms with Crippen molar-refractivity contribution in [3.05, 3.63) is 22.4 Å². The van der Waals surface area contributed by atoms with Crippen molar-refractivity contribution in [2.75, 3.05) is 39.8 Å². The Morgan fingerprint density at radius 1 is 1.20 bits per heavy atom. The van der Waals surface area contributed by atoms with Gasteiger partial charge in [-0.15, -0.1) is 0 Å². The maximum Gasteiger partial charge on any atom is 0.309 e. The van der Waals surface area contributed by atoms with Crippen molar-refractivity contribution in [2.24, 2.45) is 0 Å². The minimum atomic E-state index is -0.513. The topological polar surface area (TPSA) is 64.7 Å². The summed E-state index contributed by atoms with van der Waals surface area (Å²) >= 11 is 1.67. The number of carbonyl (C=O) groups excluding carboxylic acids is 2. The lowest BCUT2D eigenvalue weighted by Crippen LogP contribution is -2.50. The minimum absolute atomic E-state index is 0.128. The van der Waals surface area contributed by atoms with Crippen molar-refractivity contribution in [3.63, 3.8) is 0 Å². The molecule has 0 spiro atoms. The predicted molar refractivity (Wildman–Crippen MR) is 99.5 cm³/mol. The van der Waals surface area contributed by atoms with Crippen LogP contribution in [0.15, 0.2) is 16.8 Å². The number of hydrogen-bond acceptors (Lipinski definition) is 5. The maximum absolute atomic E-state index is 12.2. The highest BCUT2D eigenvalue weighted by atomic mass is 32.1. The fourth-order valence-corrected chi connectivity index (χ4v) is 4.35. The van der Waals surface area contributed by atoms with Crippen LogP contribution >= 0.6 is 11.3 Å². The lowest BCUT2D eigenvalue weighted by molar-refractivity contribution is -0.139. The monoisotopic (exact) mass is 364 g/mol. The Morgan fingerprint density at radius 2 is 1.92 bits per heavy atom. The van der Waals surface area contributed by atoms with Gasteiger partial charge in [-0.1, -0.05) is 12.8 Å². The van der Waals surface area contributed by atoms with Gasteiger partial charge < -0.3 is 15.5 Å². The molecular formula is C18H28N4O2S. The van der Waals surface area contributed by atoms with Gasteiger partial charge >= 0.3 is 11.8 Å². The molecule has 2 amide bonds.